The SMILES string of the molecule is COc1ccccc1O[C@H](C)C(=O)Nc1ccc(-c2nc(-c3ccccc3)no2)cc1. The molecule has 0 spiro atoms. The Labute approximate surface area is 179 Å². The lowest BCUT2D eigenvalue weighted by Gasteiger charge is -2.16. The maximum atomic E-state index is 12.5. The van der Waals surface area contributed by atoms with Crippen LogP contribution in [0.4, 0.5) is 5.69 Å². The summed E-state index contributed by atoms with van der Waals surface area (Å²) in [6, 6.07) is 24.0. The van der Waals surface area contributed by atoms with Gasteiger partial charge in [-0.3, -0.25) is 4.79 Å². The standard InChI is InChI=1S/C24H21N3O4/c1-16(30-21-11-7-6-10-20(21)29-2)23(28)25-19-14-12-18(13-15-19)24-26-22(27-31-24)17-8-4-3-5-9-17/h3-16H,1-2H3,(H,25,28)/t16-/m1/s1. The molecule has 1 amide bonds. The lowest BCUT2D eigenvalue weighted by molar-refractivity contribution is -0.122. The summed E-state index contributed by atoms with van der Waals surface area (Å²) in [5, 5.41) is 6.87. The zero-order chi connectivity index (χ0) is 21.6. The number of nitrogens with zero attached hydrogens (tertiary/aromatic N) is 2. The van der Waals surface area contributed by atoms with Gasteiger partial charge in [0.25, 0.3) is 11.8 Å². The number of rotatable bonds is 7. The van der Waals surface area contributed by atoms with E-state index in [4.69, 9.17) is 14.0 Å². The highest BCUT2D eigenvalue weighted by molar-refractivity contribution is 5.94. The van der Waals surface area contributed by atoms with Gasteiger partial charge in [0, 0.05) is 16.8 Å². The van der Waals surface area contributed by atoms with Gasteiger partial charge in [0.15, 0.2) is 17.6 Å². The summed E-state index contributed by atoms with van der Waals surface area (Å²) in [4.78, 5) is 16.9. The molecular weight excluding hydrogens is 394 g/mol. The number of aromatic nitrogens is 2. The predicted octanol–water partition coefficient (Wildman–Crippen LogP) is 4.82. The van der Waals surface area contributed by atoms with Gasteiger partial charge >= 0.3 is 0 Å². The molecule has 0 radical (unpaired) electrons. The predicted molar refractivity (Wildman–Crippen MR) is 117 cm³/mol. The van der Waals surface area contributed by atoms with Crippen LogP contribution in [0.3, 0.4) is 0 Å². The van der Waals surface area contributed by atoms with E-state index in [-0.39, 0.29) is 5.91 Å². The number of carbonyl (C=O) groups is 1. The van der Waals surface area contributed by atoms with Gasteiger partial charge in [0.1, 0.15) is 0 Å². The summed E-state index contributed by atoms with van der Waals surface area (Å²) >= 11 is 0. The van der Waals surface area contributed by atoms with Crippen LogP contribution >= 0.6 is 0 Å². The van der Waals surface area contributed by atoms with Crippen LogP contribution in [-0.4, -0.2) is 29.3 Å². The maximum absolute atomic E-state index is 12.5. The van der Waals surface area contributed by atoms with E-state index in [0.717, 1.165) is 11.1 Å². The number of carbonyl (C=O) groups excluding carboxylic acids is 1. The van der Waals surface area contributed by atoms with Crippen molar-refractivity contribution >= 4 is 11.6 Å². The van der Waals surface area contributed by atoms with Crippen molar-refractivity contribution in [1.82, 2.24) is 10.1 Å². The first kappa shape index (κ1) is 20.2. The Balaban J connectivity index is 1.40. The fourth-order valence-electron chi connectivity index (χ4n) is 2.95. The van der Waals surface area contributed by atoms with Crippen molar-refractivity contribution in [1.29, 1.82) is 0 Å². The molecule has 0 saturated heterocycles. The van der Waals surface area contributed by atoms with Crippen molar-refractivity contribution in [3.8, 4) is 34.3 Å². The third kappa shape index (κ3) is 4.72. The lowest BCUT2D eigenvalue weighted by Crippen LogP contribution is -2.30. The molecule has 1 heterocycles. The van der Waals surface area contributed by atoms with Crippen molar-refractivity contribution in [3.05, 3.63) is 78.9 Å². The van der Waals surface area contributed by atoms with Crippen LogP contribution in [0.5, 0.6) is 11.5 Å². The van der Waals surface area contributed by atoms with Gasteiger partial charge in [-0.15, -0.1) is 0 Å². The zero-order valence-electron chi connectivity index (χ0n) is 17.1. The highest BCUT2D eigenvalue weighted by atomic mass is 16.5. The van der Waals surface area contributed by atoms with Crippen LogP contribution < -0.4 is 14.8 Å². The molecule has 0 bridgehead atoms. The van der Waals surface area contributed by atoms with E-state index in [1.54, 1.807) is 38.3 Å². The molecule has 0 saturated carbocycles. The molecule has 4 rings (SSSR count). The van der Waals surface area contributed by atoms with Crippen LogP contribution in [0.25, 0.3) is 22.8 Å². The van der Waals surface area contributed by atoms with Crippen LogP contribution in [-0.2, 0) is 4.79 Å². The normalized spacial score (nSPS) is 11.5. The molecule has 0 aliphatic heterocycles. The quantitative estimate of drug-likeness (QED) is 0.466. The van der Waals surface area contributed by atoms with Crippen molar-refractivity contribution in [2.75, 3.05) is 12.4 Å². The molecule has 0 aliphatic rings. The average molecular weight is 415 g/mol. The fourth-order valence-corrected chi connectivity index (χ4v) is 2.95. The van der Waals surface area contributed by atoms with Gasteiger partial charge in [-0.2, -0.15) is 4.98 Å². The molecular formula is C24H21N3O4. The Morgan fingerprint density at radius 1 is 0.903 bits per heavy atom. The molecule has 7 heteroatoms. The van der Waals surface area contributed by atoms with Gasteiger partial charge in [-0.1, -0.05) is 47.6 Å². The van der Waals surface area contributed by atoms with Gasteiger partial charge in [0.2, 0.25) is 5.82 Å². The molecule has 7 nitrogen and oxygen atoms in total. The number of ether oxygens (including phenoxy) is 2. The Bertz CT molecular complexity index is 1160. The number of hydrogen-bond donors (Lipinski definition) is 1. The second-order valence-corrected chi connectivity index (χ2v) is 6.77. The fraction of sp³-hybridized carbons (Fsp3) is 0.125. The third-order valence-electron chi connectivity index (χ3n) is 4.60. The smallest absolute Gasteiger partial charge is 0.265 e. The number of hydrogen-bond acceptors (Lipinski definition) is 6. The van der Waals surface area contributed by atoms with Gasteiger partial charge in [-0.05, 0) is 43.3 Å². The molecule has 3 aromatic carbocycles. The minimum absolute atomic E-state index is 0.275. The number of benzene rings is 3. The lowest BCUT2D eigenvalue weighted by atomic mass is 10.2. The molecule has 4 aromatic rings. The molecule has 0 aliphatic carbocycles. The van der Waals surface area contributed by atoms with E-state index < -0.39 is 6.10 Å². The van der Waals surface area contributed by atoms with E-state index in [2.05, 4.69) is 15.5 Å². The summed E-state index contributed by atoms with van der Waals surface area (Å²) < 4.78 is 16.4. The van der Waals surface area contributed by atoms with Crippen molar-refractivity contribution < 1.29 is 18.8 Å². The largest absolute Gasteiger partial charge is 0.493 e. The number of methoxy groups -OCH3 is 1. The van der Waals surface area contributed by atoms with Crippen molar-refractivity contribution in [2.45, 2.75) is 13.0 Å². The van der Waals surface area contributed by atoms with Crippen LogP contribution in [0.1, 0.15) is 6.92 Å². The summed E-state index contributed by atoms with van der Waals surface area (Å²) in [6.07, 6.45) is -0.708. The second-order valence-electron chi connectivity index (χ2n) is 6.77. The van der Waals surface area contributed by atoms with E-state index >= 15 is 0 Å². The number of para-hydroxylation sites is 2. The van der Waals surface area contributed by atoms with E-state index in [9.17, 15) is 4.79 Å². The van der Waals surface area contributed by atoms with Gasteiger partial charge in [0.05, 0.1) is 7.11 Å². The van der Waals surface area contributed by atoms with Crippen molar-refractivity contribution in [3.63, 3.8) is 0 Å². The van der Waals surface area contributed by atoms with E-state index in [1.807, 2.05) is 54.6 Å². The Morgan fingerprint density at radius 2 is 1.58 bits per heavy atom. The topological polar surface area (TPSA) is 86.5 Å². The first-order valence-electron chi connectivity index (χ1n) is 9.74. The van der Waals surface area contributed by atoms with Crippen molar-refractivity contribution in [2.24, 2.45) is 0 Å². The highest BCUT2D eigenvalue weighted by Crippen LogP contribution is 2.27. The number of amides is 1. The first-order valence-corrected chi connectivity index (χ1v) is 9.74. The Hall–Kier alpha value is -4.13. The number of nitrogens with one attached hydrogen (secondary N) is 1. The zero-order valence-corrected chi connectivity index (χ0v) is 17.1. The molecule has 0 unspecified atom stereocenters. The van der Waals surface area contributed by atoms with Crippen LogP contribution in [0.15, 0.2) is 83.4 Å². The molecule has 156 valence electrons. The Kier molecular flexibility index (Phi) is 5.93. The monoisotopic (exact) mass is 415 g/mol. The molecule has 1 N–H and O–H groups in total. The van der Waals surface area contributed by atoms with Crippen LogP contribution in [0.2, 0.25) is 0 Å². The summed E-state index contributed by atoms with van der Waals surface area (Å²) in [7, 11) is 1.56. The minimum atomic E-state index is -0.708. The van der Waals surface area contributed by atoms with E-state index in [1.165, 1.54) is 0 Å². The molecule has 1 atom stereocenters. The third-order valence-corrected chi connectivity index (χ3v) is 4.60. The highest BCUT2D eigenvalue weighted by Gasteiger charge is 2.17. The van der Waals surface area contributed by atoms with E-state index in [0.29, 0.717) is 28.9 Å². The first-order chi connectivity index (χ1) is 15.1. The average Bonchev–Trinajstić information content (AvgIpc) is 3.31. The van der Waals surface area contributed by atoms with Crippen LogP contribution in [0, 0.1) is 0 Å². The van der Waals surface area contributed by atoms with Gasteiger partial charge in [-0.25, -0.2) is 0 Å². The molecule has 31 heavy (non-hydrogen) atoms. The maximum Gasteiger partial charge on any atom is 0.265 e. The summed E-state index contributed by atoms with van der Waals surface area (Å²) in [5.41, 5.74) is 2.27. The number of anilines is 1. The summed E-state index contributed by atoms with van der Waals surface area (Å²) in [6.45, 7) is 1.68. The second kappa shape index (κ2) is 9.13. The van der Waals surface area contributed by atoms with Gasteiger partial charge < -0.3 is 19.3 Å². The molecule has 0 fully saturated rings. The summed E-state index contributed by atoms with van der Waals surface area (Å²) in [5.74, 6) is 1.73. The Morgan fingerprint density at radius 3 is 2.29 bits per heavy atom. The molecule has 1 aromatic heterocycles. The minimum Gasteiger partial charge on any atom is -0.493 e.